The van der Waals surface area contributed by atoms with E-state index in [9.17, 15) is 4.79 Å². The number of hydrazone groups is 1. The molecule has 2 aromatic rings. The molecule has 0 spiro atoms. The van der Waals surface area contributed by atoms with Crippen molar-refractivity contribution in [2.75, 3.05) is 11.8 Å². The van der Waals surface area contributed by atoms with Crippen LogP contribution in [-0.2, 0) is 4.79 Å². The van der Waals surface area contributed by atoms with Gasteiger partial charge in [-0.05, 0) is 48.9 Å². The normalized spacial score (nSPS) is 17.6. The Labute approximate surface area is 143 Å². The molecule has 0 atom stereocenters. The highest BCUT2D eigenvalue weighted by Crippen LogP contribution is 2.34. The first-order valence-corrected chi connectivity index (χ1v) is 7.76. The van der Waals surface area contributed by atoms with E-state index in [1.165, 1.54) is 5.01 Å². The van der Waals surface area contributed by atoms with Gasteiger partial charge in [0.2, 0.25) is 6.79 Å². The van der Waals surface area contributed by atoms with Gasteiger partial charge in [0.1, 0.15) is 0 Å². The van der Waals surface area contributed by atoms with E-state index in [4.69, 9.17) is 21.1 Å². The number of carbonyl (C=O) groups is 1. The predicted molar refractivity (Wildman–Crippen MR) is 92.6 cm³/mol. The molecule has 5 nitrogen and oxygen atoms in total. The number of benzene rings is 2. The summed E-state index contributed by atoms with van der Waals surface area (Å²) in [7, 11) is 0. The van der Waals surface area contributed by atoms with Crippen molar-refractivity contribution in [3.05, 3.63) is 58.6 Å². The molecule has 0 fully saturated rings. The Morgan fingerprint density at radius 2 is 2.00 bits per heavy atom. The third kappa shape index (κ3) is 2.53. The highest BCUT2D eigenvalue weighted by atomic mass is 35.5. The van der Waals surface area contributed by atoms with Crippen LogP contribution >= 0.6 is 11.6 Å². The first-order valence-electron chi connectivity index (χ1n) is 7.39. The van der Waals surface area contributed by atoms with E-state index in [2.05, 4.69) is 5.10 Å². The van der Waals surface area contributed by atoms with Crippen molar-refractivity contribution < 1.29 is 14.3 Å². The summed E-state index contributed by atoms with van der Waals surface area (Å²) in [6, 6.07) is 12.6. The largest absolute Gasteiger partial charge is 0.454 e. The topological polar surface area (TPSA) is 51.1 Å². The summed E-state index contributed by atoms with van der Waals surface area (Å²) in [6.07, 6.45) is 1.80. The molecule has 0 saturated heterocycles. The van der Waals surface area contributed by atoms with E-state index >= 15 is 0 Å². The van der Waals surface area contributed by atoms with Crippen molar-refractivity contribution in [3.63, 3.8) is 0 Å². The zero-order valence-electron chi connectivity index (χ0n) is 12.8. The second-order valence-electron chi connectivity index (χ2n) is 5.45. The van der Waals surface area contributed by atoms with E-state index in [0.717, 1.165) is 5.56 Å². The van der Waals surface area contributed by atoms with Crippen molar-refractivity contribution in [2.45, 2.75) is 6.92 Å². The number of ether oxygens (including phenoxy) is 2. The number of fused-ring (bicyclic) bond motifs is 1. The van der Waals surface area contributed by atoms with Gasteiger partial charge in [0, 0.05) is 5.02 Å². The molecule has 2 aliphatic heterocycles. The van der Waals surface area contributed by atoms with E-state index in [0.29, 0.717) is 33.5 Å². The number of rotatable bonds is 2. The Hall–Kier alpha value is -2.79. The molecule has 24 heavy (non-hydrogen) atoms. The van der Waals surface area contributed by atoms with Gasteiger partial charge in [-0.1, -0.05) is 23.7 Å². The molecule has 0 unspecified atom stereocenters. The van der Waals surface area contributed by atoms with Gasteiger partial charge in [0.15, 0.2) is 11.5 Å². The molecule has 0 bridgehead atoms. The van der Waals surface area contributed by atoms with Gasteiger partial charge < -0.3 is 9.47 Å². The number of hydrogen-bond acceptors (Lipinski definition) is 4. The summed E-state index contributed by atoms with van der Waals surface area (Å²) in [5.41, 5.74) is 2.68. The van der Waals surface area contributed by atoms with Gasteiger partial charge >= 0.3 is 0 Å². The minimum absolute atomic E-state index is 0.188. The first kappa shape index (κ1) is 14.8. The molecule has 1 amide bonds. The predicted octanol–water partition coefficient (Wildman–Crippen LogP) is 3.87. The van der Waals surface area contributed by atoms with Crippen molar-refractivity contribution in [1.82, 2.24) is 0 Å². The third-order valence-electron chi connectivity index (χ3n) is 3.82. The molecule has 4 rings (SSSR count). The first-order chi connectivity index (χ1) is 11.6. The number of carbonyl (C=O) groups excluding carboxylic acids is 1. The Bertz CT molecular complexity index is 905. The maximum Gasteiger partial charge on any atom is 0.280 e. The summed E-state index contributed by atoms with van der Waals surface area (Å²) in [4.78, 5) is 12.7. The van der Waals surface area contributed by atoms with Crippen LogP contribution in [0.15, 0.2) is 53.1 Å². The Morgan fingerprint density at radius 3 is 2.83 bits per heavy atom. The van der Waals surface area contributed by atoms with Gasteiger partial charge in [0.05, 0.1) is 17.0 Å². The van der Waals surface area contributed by atoms with Crippen LogP contribution in [0.3, 0.4) is 0 Å². The van der Waals surface area contributed by atoms with Gasteiger partial charge in [-0.2, -0.15) is 10.1 Å². The molecular formula is C18H13ClN2O3. The average Bonchev–Trinajstić information content (AvgIpc) is 3.14. The van der Waals surface area contributed by atoms with Crippen LogP contribution in [0.5, 0.6) is 11.5 Å². The molecule has 0 N–H and O–H groups in total. The molecule has 0 saturated carbocycles. The van der Waals surface area contributed by atoms with Crippen molar-refractivity contribution >= 4 is 35.0 Å². The van der Waals surface area contributed by atoms with Crippen LogP contribution in [0.1, 0.15) is 12.5 Å². The number of halogens is 1. The van der Waals surface area contributed by atoms with Crippen molar-refractivity contribution in [1.29, 1.82) is 0 Å². The van der Waals surface area contributed by atoms with Gasteiger partial charge in [0.25, 0.3) is 5.91 Å². The second-order valence-corrected chi connectivity index (χ2v) is 5.89. The van der Waals surface area contributed by atoms with Gasteiger partial charge in [-0.15, -0.1) is 0 Å². The van der Waals surface area contributed by atoms with E-state index in [1.807, 2.05) is 18.2 Å². The minimum Gasteiger partial charge on any atom is -0.454 e. The highest BCUT2D eigenvalue weighted by molar-refractivity contribution is 6.33. The number of amides is 1. The lowest BCUT2D eigenvalue weighted by Crippen LogP contribution is -2.21. The fourth-order valence-electron chi connectivity index (χ4n) is 2.64. The smallest absolute Gasteiger partial charge is 0.280 e. The maximum atomic E-state index is 12.7. The van der Waals surface area contributed by atoms with Crippen LogP contribution in [0.2, 0.25) is 5.02 Å². The Balaban J connectivity index is 1.67. The quantitative estimate of drug-likeness (QED) is 0.780. The zero-order valence-corrected chi connectivity index (χ0v) is 13.6. The Morgan fingerprint density at radius 1 is 1.17 bits per heavy atom. The second kappa shape index (κ2) is 5.69. The molecule has 0 radical (unpaired) electrons. The van der Waals surface area contributed by atoms with Gasteiger partial charge in [-0.25, -0.2) is 0 Å². The van der Waals surface area contributed by atoms with Crippen LogP contribution in [0, 0.1) is 0 Å². The standard InChI is InChI=1S/C18H13ClN2O3/c1-11-15(7-12-5-6-16-17(8-12)24-10-23-16)18(22)21(20-11)14-4-2-3-13(19)9-14/h2-9H,10H2,1H3/b15-7+. The van der Waals surface area contributed by atoms with E-state index in [1.54, 1.807) is 37.3 Å². The van der Waals surface area contributed by atoms with Gasteiger partial charge in [-0.3, -0.25) is 4.79 Å². The van der Waals surface area contributed by atoms with Crippen LogP contribution in [-0.4, -0.2) is 18.4 Å². The average molecular weight is 341 g/mol. The summed E-state index contributed by atoms with van der Waals surface area (Å²) in [5.74, 6) is 1.20. The molecular weight excluding hydrogens is 328 g/mol. The zero-order chi connectivity index (χ0) is 16.7. The van der Waals surface area contributed by atoms with E-state index in [-0.39, 0.29) is 12.7 Å². The monoisotopic (exact) mass is 340 g/mol. The number of anilines is 1. The maximum absolute atomic E-state index is 12.7. The summed E-state index contributed by atoms with van der Waals surface area (Å²) >= 11 is 6.00. The number of hydrogen-bond donors (Lipinski definition) is 0. The lowest BCUT2D eigenvalue weighted by Gasteiger charge is -2.11. The molecule has 0 aliphatic carbocycles. The molecule has 2 aliphatic rings. The molecule has 0 aromatic heterocycles. The Kier molecular flexibility index (Phi) is 3.50. The summed E-state index contributed by atoms with van der Waals surface area (Å²) < 4.78 is 10.7. The molecule has 2 aromatic carbocycles. The van der Waals surface area contributed by atoms with Crippen LogP contribution in [0.4, 0.5) is 5.69 Å². The lowest BCUT2D eigenvalue weighted by molar-refractivity contribution is -0.114. The fourth-order valence-corrected chi connectivity index (χ4v) is 2.82. The number of nitrogens with zero attached hydrogens (tertiary/aromatic N) is 2. The van der Waals surface area contributed by atoms with Crippen molar-refractivity contribution in [3.8, 4) is 11.5 Å². The lowest BCUT2D eigenvalue weighted by atomic mass is 10.1. The molecule has 2 heterocycles. The van der Waals surface area contributed by atoms with Crippen molar-refractivity contribution in [2.24, 2.45) is 5.10 Å². The highest BCUT2D eigenvalue weighted by Gasteiger charge is 2.29. The summed E-state index contributed by atoms with van der Waals surface area (Å²) in [5, 5.41) is 6.27. The third-order valence-corrected chi connectivity index (χ3v) is 4.06. The molecule has 120 valence electrons. The minimum atomic E-state index is -0.188. The molecule has 6 heteroatoms. The SMILES string of the molecule is CC1=NN(c2cccc(Cl)c2)C(=O)/C1=C/c1ccc2c(c1)OCO2. The fraction of sp³-hybridized carbons (Fsp3) is 0.111. The van der Waals surface area contributed by atoms with Crippen LogP contribution in [0.25, 0.3) is 6.08 Å². The van der Waals surface area contributed by atoms with Crippen LogP contribution < -0.4 is 14.5 Å². The van der Waals surface area contributed by atoms with E-state index < -0.39 is 0 Å². The summed E-state index contributed by atoms with van der Waals surface area (Å²) in [6.45, 7) is 2.03.